The topological polar surface area (TPSA) is 59.1 Å². The van der Waals surface area contributed by atoms with Crippen molar-refractivity contribution in [1.29, 1.82) is 0 Å². The SMILES string of the molecule is C=CCN(CC(=O)N(CCc1ccc(OC)c(OC)c1)Cc1sccc1C)C(=O)C=Cc1ccccc1. The standard InChI is InChI=1S/C30H34N2O4S/c1-5-17-31(29(33)14-12-24-9-7-6-8-10-24)22-30(34)32(21-28-23(2)16-19-37-28)18-15-25-11-13-26(35-3)27(20-25)36-4/h5-14,16,19-20H,1,15,17-18,21-22H2,2-4H3. The average Bonchev–Trinajstić information content (AvgIpc) is 3.33. The van der Waals surface area contributed by atoms with Crippen molar-refractivity contribution in [2.75, 3.05) is 33.9 Å². The minimum atomic E-state index is -0.232. The first kappa shape index (κ1) is 27.7. The van der Waals surface area contributed by atoms with Crippen molar-refractivity contribution < 1.29 is 19.1 Å². The van der Waals surface area contributed by atoms with Gasteiger partial charge >= 0.3 is 0 Å². The summed E-state index contributed by atoms with van der Waals surface area (Å²) in [6.07, 6.45) is 5.54. The minimum absolute atomic E-state index is 0.0274. The van der Waals surface area contributed by atoms with E-state index < -0.39 is 0 Å². The maximum atomic E-state index is 13.5. The first-order valence-corrected chi connectivity index (χ1v) is 13.0. The summed E-state index contributed by atoms with van der Waals surface area (Å²) >= 11 is 1.63. The van der Waals surface area contributed by atoms with Gasteiger partial charge in [-0.15, -0.1) is 17.9 Å². The summed E-state index contributed by atoms with van der Waals surface area (Å²) in [5, 5.41) is 2.03. The monoisotopic (exact) mass is 518 g/mol. The first-order chi connectivity index (χ1) is 17.9. The number of methoxy groups -OCH3 is 2. The summed E-state index contributed by atoms with van der Waals surface area (Å²) in [4.78, 5) is 30.9. The van der Waals surface area contributed by atoms with E-state index >= 15 is 0 Å². The van der Waals surface area contributed by atoms with E-state index in [9.17, 15) is 9.59 Å². The van der Waals surface area contributed by atoms with E-state index in [1.165, 1.54) is 11.0 Å². The summed E-state index contributed by atoms with van der Waals surface area (Å²) < 4.78 is 10.8. The minimum Gasteiger partial charge on any atom is -0.493 e. The van der Waals surface area contributed by atoms with Gasteiger partial charge < -0.3 is 19.3 Å². The molecular weight excluding hydrogens is 484 g/mol. The van der Waals surface area contributed by atoms with Crippen LogP contribution in [0.3, 0.4) is 0 Å². The van der Waals surface area contributed by atoms with E-state index in [1.807, 2.05) is 65.7 Å². The number of carbonyl (C=O) groups is 2. The predicted molar refractivity (Wildman–Crippen MR) is 150 cm³/mol. The summed E-state index contributed by atoms with van der Waals surface area (Å²) in [5.41, 5.74) is 3.10. The fraction of sp³-hybridized carbons (Fsp3) is 0.267. The zero-order valence-electron chi connectivity index (χ0n) is 21.7. The molecule has 0 bridgehead atoms. The van der Waals surface area contributed by atoms with Crippen LogP contribution in [-0.2, 0) is 22.6 Å². The van der Waals surface area contributed by atoms with Crippen LogP contribution >= 0.6 is 11.3 Å². The molecule has 2 aromatic carbocycles. The molecule has 6 nitrogen and oxygen atoms in total. The maximum Gasteiger partial charge on any atom is 0.247 e. The van der Waals surface area contributed by atoms with Gasteiger partial charge in [0.15, 0.2) is 11.5 Å². The van der Waals surface area contributed by atoms with Crippen molar-refractivity contribution in [1.82, 2.24) is 9.80 Å². The Balaban J connectivity index is 1.75. The number of carbonyl (C=O) groups excluding carboxylic acids is 2. The number of nitrogens with zero attached hydrogens (tertiary/aromatic N) is 2. The molecule has 0 N–H and O–H groups in total. The van der Waals surface area contributed by atoms with E-state index in [2.05, 4.69) is 12.6 Å². The highest BCUT2D eigenvalue weighted by atomic mass is 32.1. The van der Waals surface area contributed by atoms with Gasteiger partial charge in [-0.3, -0.25) is 9.59 Å². The van der Waals surface area contributed by atoms with Gasteiger partial charge in [-0.25, -0.2) is 0 Å². The number of amides is 2. The van der Waals surface area contributed by atoms with Crippen molar-refractivity contribution in [3.8, 4) is 11.5 Å². The number of hydrogen-bond donors (Lipinski definition) is 0. The van der Waals surface area contributed by atoms with Gasteiger partial charge in [-0.1, -0.05) is 42.5 Å². The number of hydrogen-bond acceptors (Lipinski definition) is 5. The van der Waals surface area contributed by atoms with Gasteiger partial charge in [-0.2, -0.15) is 0 Å². The van der Waals surface area contributed by atoms with Gasteiger partial charge in [0.1, 0.15) is 6.54 Å². The molecule has 2 amide bonds. The van der Waals surface area contributed by atoms with Crippen LogP contribution in [0.2, 0.25) is 0 Å². The van der Waals surface area contributed by atoms with E-state index in [0.717, 1.165) is 21.6 Å². The Hall–Kier alpha value is -3.84. The lowest BCUT2D eigenvalue weighted by molar-refractivity contribution is -0.138. The predicted octanol–water partition coefficient (Wildman–Crippen LogP) is 5.37. The molecule has 0 unspecified atom stereocenters. The molecule has 0 aliphatic carbocycles. The molecular formula is C30H34N2O4S. The molecule has 0 radical (unpaired) electrons. The van der Waals surface area contributed by atoms with Crippen molar-refractivity contribution in [2.45, 2.75) is 19.9 Å². The van der Waals surface area contributed by atoms with E-state index in [-0.39, 0.29) is 24.9 Å². The second kappa shape index (κ2) is 14.0. The molecule has 3 rings (SSSR count). The third kappa shape index (κ3) is 8.08. The van der Waals surface area contributed by atoms with Crippen LogP contribution in [0, 0.1) is 6.92 Å². The summed E-state index contributed by atoms with van der Waals surface area (Å²) in [7, 11) is 3.21. The molecule has 7 heteroatoms. The second-order valence-corrected chi connectivity index (χ2v) is 9.53. The van der Waals surface area contributed by atoms with Crippen LogP contribution in [0.25, 0.3) is 6.08 Å². The van der Waals surface area contributed by atoms with Crippen molar-refractivity contribution in [2.24, 2.45) is 0 Å². The maximum absolute atomic E-state index is 13.5. The summed E-state index contributed by atoms with van der Waals surface area (Å²) in [6, 6.07) is 17.4. The molecule has 1 aromatic heterocycles. The lowest BCUT2D eigenvalue weighted by atomic mass is 10.1. The third-order valence-corrected chi connectivity index (χ3v) is 6.99. The van der Waals surface area contributed by atoms with Crippen LogP contribution in [0.4, 0.5) is 0 Å². The van der Waals surface area contributed by atoms with Crippen molar-refractivity contribution in [3.63, 3.8) is 0 Å². The van der Waals surface area contributed by atoms with Gasteiger partial charge in [0.2, 0.25) is 11.8 Å². The Labute approximate surface area is 223 Å². The molecule has 0 saturated heterocycles. The summed E-state index contributed by atoms with van der Waals surface area (Å²) in [6.45, 7) is 7.06. The van der Waals surface area contributed by atoms with Crippen LogP contribution < -0.4 is 9.47 Å². The molecule has 0 atom stereocenters. The van der Waals surface area contributed by atoms with Gasteiger partial charge in [0.25, 0.3) is 0 Å². The molecule has 0 spiro atoms. The Morgan fingerprint density at radius 1 is 1.00 bits per heavy atom. The highest BCUT2D eigenvalue weighted by Crippen LogP contribution is 2.28. The smallest absolute Gasteiger partial charge is 0.247 e. The molecule has 0 aliphatic rings. The fourth-order valence-corrected chi connectivity index (χ4v) is 4.74. The highest BCUT2D eigenvalue weighted by molar-refractivity contribution is 7.10. The zero-order chi connectivity index (χ0) is 26.6. The average molecular weight is 519 g/mol. The van der Waals surface area contributed by atoms with E-state index in [0.29, 0.717) is 31.0 Å². The second-order valence-electron chi connectivity index (χ2n) is 8.53. The van der Waals surface area contributed by atoms with E-state index in [1.54, 1.807) is 37.7 Å². The number of aryl methyl sites for hydroxylation is 1. The Bertz CT molecular complexity index is 1220. The molecule has 0 aliphatic heterocycles. The van der Waals surface area contributed by atoms with Gasteiger partial charge in [0.05, 0.1) is 20.8 Å². The Kier molecular flexibility index (Phi) is 10.5. The third-order valence-electron chi connectivity index (χ3n) is 5.98. The molecule has 0 fully saturated rings. The molecule has 194 valence electrons. The molecule has 37 heavy (non-hydrogen) atoms. The lowest BCUT2D eigenvalue weighted by Crippen LogP contribution is -2.43. The Morgan fingerprint density at radius 3 is 2.41 bits per heavy atom. The summed E-state index contributed by atoms with van der Waals surface area (Å²) in [5.74, 6) is 0.969. The number of thiophene rings is 1. The number of benzene rings is 2. The van der Waals surface area contributed by atoms with Gasteiger partial charge in [-0.05, 0) is 59.7 Å². The van der Waals surface area contributed by atoms with Crippen molar-refractivity contribution >= 4 is 29.2 Å². The van der Waals surface area contributed by atoms with Crippen LogP contribution in [-0.4, -0.2) is 55.5 Å². The van der Waals surface area contributed by atoms with Crippen LogP contribution in [0.15, 0.2) is 78.7 Å². The fourth-order valence-electron chi connectivity index (χ4n) is 3.82. The van der Waals surface area contributed by atoms with Crippen LogP contribution in [0.1, 0.15) is 21.6 Å². The molecule has 3 aromatic rings. The molecule has 1 heterocycles. The highest BCUT2D eigenvalue weighted by Gasteiger charge is 2.21. The first-order valence-electron chi connectivity index (χ1n) is 12.1. The molecule has 0 saturated carbocycles. The van der Waals surface area contributed by atoms with Crippen molar-refractivity contribution in [3.05, 3.63) is 100 Å². The quantitative estimate of drug-likeness (QED) is 0.225. The van der Waals surface area contributed by atoms with Gasteiger partial charge in [0, 0.05) is 24.0 Å². The normalized spacial score (nSPS) is 10.8. The largest absolute Gasteiger partial charge is 0.493 e. The Morgan fingerprint density at radius 2 is 1.76 bits per heavy atom. The van der Waals surface area contributed by atoms with E-state index in [4.69, 9.17) is 9.47 Å². The zero-order valence-corrected chi connectivity index (χ0v) is 22.5. The lowest BCUT2D eigenvalue weighted by Gasteiger charge is -2.27. The van der Waals surface area contributed by atoms with Crippen LogP contribution in [0.5, 0.6) is 11.5 Å². The number of rotatable bonds is 13. The number of ether oxygens (including phenoxy) is 2.